The highest BCUT2D eigenvalue weighted by Crippen LogP contribution is 2.06. The molecule has 98 valence electrons. The zero-order valence-corrected chi connectivity index (χ0v) is 10.8. The van der Waals surface area contributed by atoms with E-state index in [4.69, 9.17) is 5.11 Å². The second-order valence-corrected chi connectivity index (χ2v) is 5.54. The minimum absolute atomic E-state index is 0.174. The van der Waals surface area contributed by atoms with Gasteiger partial charge in [0.05, 0.1) is 6.20 Å². The Kier molecular flexibility index (Phi) is 5.60. The Hall–Kier alpha value is -0.920. The molecule has 0 spiro atoms. The number of aliphatic hydroxyl groups excluding tert-OH is 1. The van der Waals surface area contributed by atoms with Gasteiger partial charge in [0.2, 0.25) is 0 Å². The van der Waals surface area contributed by atoms with Crippen LogP contribution in [0.25, 0.3) is 0 Å². The van der Waals surface area contributed by atoms with Crippen LogP contribution >= 0.6 is 0 Å². The van der Waals surface area contributed by atoms with E-state index in [0.29, 0.717) is 6.54 Å². The lowest BCUT2D eigenvalue weighted by atomic mass is 10.2. The molecule has 0 saturated heterocycles. The van der Waals surface area contributed by atoms with Crippen LogP contribution in [-0.2, 0) is 17.1 Å². The van der Waals surface area contributed by atoms with Crippen molar-refractivity contribution in [2.24, 2.45) is 7.05 Å². The van der Waals surface area contributed by atoms with Gasteiger partial charge in [-0.2, -0.15) is 5.10 Å². The van der Waals surface area contributed by atoms with E-state index in [9.17, 15) is 8.42 Å². The van der Waals surface area contributed by atoms with E-state index in [-0.39, 0.29) is 11.6 Å². The van der Waals surface area contributed by atoms with Crippen LogP contribution in [0.3, 0.4) is 0 Å². The third-order valence-electron chi connectivity index (χ3n) is 2.43. The van der Waals surface area contributed by atoms with Crippen molar-refractivity contribution in [2.75, 3.05) is 13.2 Å². The molecule has 1 aromatic rings. The van der Waals surface area contributed by atoms with E-state index in [2.05, 4.69) is 9.82 Å². The van der Waals surface area contributed by atoms with Crippen LogP contribution in [0, 0.1) is 0 Å². The van der Waals surface area contributed by atoms with Crippen molar-refractivity contribution >= 4 is 10.0 Å². The lowest BCUT2D eigenvalue weighted by molar-refractivity contribution is 0.282. The van der Waals surface area contributed by atoms with Gasteiger partial charge in [0.25, 0.3) is 10.0 Å². The molecule has 0 radical (unpaired) electrons. The van der Waals surface area contributed by atoms with Gasteiger partial charge in [-0.25, -0.2) is 13.1 Å². The lowest BCUT2D eigenvalue weighted by Gasteiger charge is -2.06. The maximum absolute atomic E-state index is 11.8. The zero-order chi connectivity index (χ0) is 12.7. The minimum atomic E-state index is -3.44. The smallest absolute Gasteiger partial charge is 0.257 e. The summed E-state index contributed by atoms with van der Waals surface area (Å²) in [6.45, 7) is 0.611. The largest absolute Gasteiger partial charge is 0.396 e. The summed E-state index contributed by atoms with van der Waals surface area (Å²) >= 11 is 0. The molecule has 0 unspecified atom stereocenters. The molecule has 1 aromatic heterocycles. The summed E-state index contributed by atoms with van der Waals surface area (Å²) in [4.78, 5) is 0. The molecule has 0 aliphatic heterocycles. The molecule has 1 heterocycles. The molecule has 1 rings (SSSR count). The highest BCUT2D eigenvalue weighted by molar-refractivity contribution is 7.89. The molecule has 0 atom stereocenters. The molecule has 0 bridgehead atoms. The quantitative estimate of drug-likeness (QED) is 0.657. The summed E-state index contributed by atoms with van der Waals surface area (Å²) in [6, 6.07) is 1.47. The van der Waals surface area contributed by atoms with Gasteiger partial charge in [0.15, 0.2) is 5.03 Å². The molecule has 0 aliphatic carbocycles. The van der Waals surface area contributed by atoms with Crippen molar-refractivity contribution in [3.63, 3.8) is 0 Å². The summed E-state index contributed by atoms with van der Waals surface area (Å²) in [5.74, 6) is 0. The first-order valence-corrected chi connectivity index (χ1v) is 7.15. The molecule has 2 N–H and O–H groups in total. The van der Waals surface area contributed by atoms with Gasteiger partial charge >= 0.3 is 0 Å². The third-order valence-corrected chi connectivity index (χ3v) is 3.96. The summed E-state index contributed by atoms with van der Waals surface area (Å²) in [5.41, 5.74) is 0. The number of unbranched alkanes of at least 4 members (excludes halogenated alkanes) is 3. The Balaban J connectivity index is 2.34. The maximum atomic E-state index is 11.8. The van der Waals surface area contributed by atoms with Crippen LogP contribution in [0.2, 0.25) is 0 Å². The van der Waals surface area contributed by atoms with Crippen molar-refractivity contribution < 1.29 is 13.5 Å². The topological polar surface area (TPSA) is 84.2 Å². The number of nitrogens with zero attached hydrogens (tertiary/aromatic N) is 2. The number of nitrogens with one attached hydrogen (secondary N) is 1. The van der Waals surface area contributed by atoms with Crippen LogP contribution < -0.4 is 4.72 Å². The molecule has 0 aromatic carbocycles. The van der Waals surface area contributed by atoms with E-state index in [1.165, 1.54) is 16.9 Å². The maximum Gasteiger partial charge on any atom is 0.257 e. The number of aryl methyl sites for hydroxylation is 1. The predicted octanol–water partition coefficient (Wildman–Crippen LogP) is 0.251. The summed E-state index contributed by atoms with van der Waals surface area (Å²) in [7, 11) is -1.85. The Bertz CT molecular complexity index is 428. The standard InChI is InChI=1S/C10H19N3O3S/c1-13-10(6-8-11-13)17(15,16)12-7-4-2-3-5-9-14/h6,8,12,14H,2-5,7,9H2,1H3. The van der Waals surface area contributed by atoms with Crippen molar-refractivity contribution in [3.8, 4) is 0 Å². The Morgan fingerprint density at radius 3 is 2.65 bits per heavy atom. The number of rotatable bonds is 8. The number of hydrogen-bond donors (Lipinski definition) is 2. The van der Waals surface area contributed by atoms with Crippen molar-refractivity contribution in [1.29, 1.82) is 0 Å². The Labute approximate surface area is 102 Å². The zero-order valence-electron chi connectivity index (χ0n) is 9.96. The van der Waals surface area contributed by atoms with Crippen LogP contribution in [-0.4, -0.2) is 36.5 Å². The first kappa shape index (κ1) is 14.1. The van der Waals surface area contributed by atoms with Crippen LogP contribution in [0.1, 0.15) is 25.7 Å². The monoisotopic (exact) mass is 261 g/mol. The number of sulfonamides is 1. The Morgan fingerprint density at radius 2 is 2.06 bits per heavy atom. The molecule has 7 heteroatoms. The van der Waals surface area contributed by atoms with E-state index in [1.54, 1.807) is 7.05 Å². The highest BCUT2D eigenvalue weighted by atomic mass is 32.2. The molecule has 0 aliphatic rings. The molecular formula is C10H19N3O3S. The summed E-state index contributed by atoms with van der Waals surface area (Å²) in [5, 5.41) is 12.6. The fraction of sp³-hybridized carbons (Fsp3) is 0.700. The molecule has 6 nitrogen and oxygen atoms in total. The van der Waals surface area contributed by atoms with Gasteiger partial charge in [0, 0.05) is 20.2 Å². The average molecular weight is 261 g/mol. The average Bonchev–Trinajstić information content (AvgIpc) is 2.70. The first-order valence-electron chi connectivity index (χ1n) is 5.66. The van der Waals surface area contributed by atoms with Crippen molar-refractivity contribution in [1.82, 2.24) is 14.5 Å². The first-order chi connectivity index (χ1) is 8.08. The van der Waals surface area contributed by atoms with Crippen LogP contribution in [0.5, 0.6) is 0 Å². The number of hydrogen-bond acceptors (Lipinski definition) is 4. The fourth-order valence-electron chi connectivity index (χ4n) is 1.50. The third kappa shape index (κ3) is 4.45. The minimum Gasteiger partial charge on any atom is -0.396 e. The van der Waals surface area contributed by atoms with Crippen molar-refractivity contribution in [3.05, 3.63) is 12.3 Å². The second kappa shape index (κ2) is 6.73. The number of aliphatic hydroxyl groups is 1. The number of aromatic nitrogens is 2. The molecule has 0 fully saturated rings. The SMILES string of the molecule is Cn1nccc1S(=O)(=O)NCCCCCCO. The van der Waals surface area contributed by atoms with Crippen molar-refractivity contribution in [2.45, 2.75) is 30.7 Å². The van der Waals surface area contributed by atoms with E-state index in [1.807, 2.05) is 0 Å². The Morgan fingerprint density at radius 1 is 1.35 bits per heavy atom. The van der Waals surface area contributed by atoms with Gasteiger partial charge in [0.1, 0.15) is 0 Å². The van der Waals surface area contributed by atoms with E-state index < -0.39 is 10.0 Å². The summed E-state index contributed by atoms with van der Waals surface area (Å²) < 4.78 is 27.4. The normalized spacial score (nSPS) is 11.9. The van der Waals surface area contributed by atoms with Gasteiger partial charge in [-0.15, -0.1) is 0 Å². The molecule has 17 heavy (non-hydrogen) atoms. The van der Waals surface area contributed by atoms with Crippen LogP contribution in [0.4, 0.5) is 0 Å². The van der Waals surface area contributed by atoms with E-state index in [0.717, 1.165) is 25.7 Å². The predicted molar refractivity (Wildman–Crippen MR) is 64.0 cm³/mol. The van der Waals surface area contributed by atoms with Gasteiger partial charge in [-0.05, 0) is 18.9 Å². The molecule has 0 amide bonds. The van der Waals surface area contributed by atoms with Gasteiger partial charge < -0.3 is 5.11 Å². The highest BCUT2D eigenvalue weighted by Gasteiger charge is 2.16. The van der Waals surface area contributed by atoms with Gasteiger partial charge in [-0.3, -0.25) is 4.68 Å². The summed E-state index contributed by atoms with van der Waals surface area (Å²) in [6.07, 6.45) is 4.83. The van der Waals surface area contributed by atoms with E-state index >= 15 is 0 Å². The molecular weight excluding hydrogens is 242 g/mol. The molecule has 0 saturated carbocycles. The fourth-order valence-corrected chi connectivity index (χ4v) is 2.69. The van der Waals surface area contributed by atoms with Crippen LogP contribution in [0.15, 0.2) is 17.3 Å². The lowest BCUT2D eigenvalue weighted by Crippen LogP contribution is -2.26. The second-order valence-electron chi connectivity index (χ2n) is 3.83. The van der Waals surface area contributed by atoms with Gasteiger partial charge in [-0.1, -0.05) is 12.8 Å².